The Morgan fingerprint density at radius 1 is 1.33 bits per heavy atom. The van der Waals surface area contributed by atoms with E-state index >= 15 is 0 Å². The summed E-state index contributed by atoms with van der Waals surface area (Å²) in [5, 5.41) is 7.51. The fraction of sp³-hybridized carbons (Fsp3) is 0.500. The second-order valence-corrected chi connectivity index (χ2v) is 6.03. The summed E-state index contributed by atoms with van der Waals surface area (Å²) in [7, 11) is 0. The zero-order chi connectivity index (χ0) is 16.8. The first-order chi connectivity index (χ1) is 11.7. The molecule has 0 spiro atoms. The third kappa shape index (κ3) is 4.43. The second-order valence-electron chi connectivity index (χ2n) is 6.03. The first-order valence-electron chi connectivity index (χ1n) is 8.29. The lowest BCUT2D eigenvalue weighted by atomic mass is 10.1. The van der Waals surface area contributed by atoms with Gasteiger partial charge in [0.2, 0.25) is 5.91 Å². The molecule has 0 aliphatic carbocycles. The maximum Gasteiger partial charge on any atom is 0.224 e. The van der Waals surface area contributed by atoms with E-state index in [9.17, 15) is 4.79 Å². The monoisotopic (exact) mass is 329 g/mol. The standard InChI is InChI=1S/C16H23N7O/c17-15-4-3-14(10-19-15)21-13-2-1-7-22(8-5-13)16(24)6-9-23-12-18-11-20-23/h3-4,10-13,21H,1-2,5-9H2,(H2,17,19)/t13-/m0/s1. The van der Waals surface area contributed by atoms with Crippen molar-refractivity contribution in [2.75, 3.05) is 24.1 Å². The lowest BCUT2D eigenvalue weighted by molar-refractivity contribution is -0.131. The van der Waals surface area contributed by atoms with Gasteiger partial charge < -0.3 is 16.0 Å². The van der Waals surface area contributed by atoms with Crippen molar-refractivity contribution >= 4 is 17.4 Å². The SMILES string of the molecule is Nc1ccc(N[C@H]2CCCN(C(=O)CCn3cncn3)CC2)cn1. The Balaban J connectivity index is 1.47. The van der Waals surface area contributed by atoms with E-state index in [0.29, 0.717) is 24.8 Å². The lowest BCUT2D eigenvalue weighted by Crippen LogP contribution is -2.33. The molecule has 24 heavy (non-hydrogen) atoms. The third-order valence-electron chi connectivity index (χ3n) is 4.26. The molecule has 128 valence electrons. The minimum Gasteiger partial charge on any atom is -0.384 e. The third-order valence-corrected chi connectivity index (χ3v) is 4.26. The molecule has 0 aromatic carbocycles. The van der Waals surface area contributed by atoms with Crippen molar-refractivity contribution in [1.29, 1.82) is 0 Å². The molecular formula is C16H23N7O. The van der Waals surface area contributed by atoms with Gasteiger partial charge in [-0.05, 0) is 31.4 Å². The number of likely N-dealkylation sites (tertiary alicyclic amines) is 1. The van der Waals surface area contributed by atoms with Crippen LogP contribution in [-0.4, -0.2) is 49.7 Å². The molecule has 1 amide bonds. The van der Waals surface area contributed by atoms with Crippen LogP contribution in [0.15, 0.2) is 31.0 Å². The van der Waals surface area contributed by atoms with E-state index in [1.54, 1.807) is 23.3 Å². The molecule has 2 aromatic heterocycles. The van der Waals surface area contributed by atoms with Gasteiger partial charge in [-0.3, -0.25) is 9.48 Å². The summed E-state index contributed by atoms with van der Waals surface area (Å²) in [5.41, 5.74) is 6.58. The fourth-order valence-corrected chi connectivity index (χ4v) is 2.93. The lowest BCUT2D eigenvalue weighted by Gasteiger charge is -2.21. The fourth-order valence-electron chi connectivity index (χ4n) is 2.93. The number of nitrogen functional groups attached to an aromatic ring is 1. The average Bonchev–Trinajstić information content (AvgIpc) is 3.00. The zero-order valence-electron chi connectivity index (χ0n) is 13.6. The highest BCUT2D eigenvalue weighted by atomic mass is 16.2. The van der Waals surface area contributed by atoms with Crippen LogP contribution in [0, 0.1) is 0 Å². The Bertz CT molecular complexity index is 641. The average molecular weight is 329 g/mol. The van der Waals surface area contributed by atoms with Crippen LogP contribution in [0.25, 0.3) is 0 Å². The van der Waals surface area contributed by atoms with E-state index in [-0.39, 0.29) is 5.91 Å². The largest absolute Gasteiger partial charge is 0.384 e. The van der Waals surface area contributed by atoms with Gasteiger partial charge in [0, 0.05) is 25.6 Å². The van der Waals surface area contributed by atoms with Gasteiger partial charge in [-0.15, -0.1) is 0 Å². The molecule has 0 bridgehead atoms. The molecule has 3 N–H and O–H groups in total. The minimum atomic E-state index is 0.181. The van der Waals surface area contributed by atoms with Crippen LogP contribution < -0.4 is 11.1 Å². The molecule has 1 aliphatic heterocycles. The second kappa shape index (κ2) is 7.76. The maximum atomic E-state index is 12.4. The molecule has 1 atom stereocenters. The van der Waals surface area contributed by atoms with Crippen molar-refractivity contribution in [2.24, 2.45) is 0 Å². The molecule has 0 unspecified atom stereocenters. The van der Waals surface area contributed by atoms with Crippen molar-refractivity contribution in [3.05, 3.63) is 31.0 Å². The Hall–Kier alpha value is -2.64. The number of aryl methyl sites for hydroxylation is 1. The molecule has 8 heteroatoms. The molecule has 1 fully saturated rings. The number of carbonyl (C=O) groups is 1. The van der Waals surface area contributed by atoms with Crippen molar-refractivity contribution in [3.8, 4) is 0 Å². The van der Waals surface area contributed by atoms with Gasteiger partial charge in [0.25, 0.3) is 0 Å². The number of aromatic nitrogens is 4. The number of nitrogens with zero attached hydrogens (tertiary/aromatic N) is 5. The smallest absolute Gasteiger partial charge is 0.224 e. The number of carbonyl (C=O) groups excluding carboxylic acids is 1. The summed E-state index contributed by atoms with van der Waals surface area (Å²) in [6.45, 7) is 2.17. The number of hydrogen-bond acceptors (Lipinski definition) is 6. The van der Waals surface area contributed by atoms with Crippen LogP contribution >= 0.6 is 0 Å². The quantitative estimate of drug-likeness (QED) is 0.853. The van der Waals surface area contributed by atoms with Gasteiger partial charge in [0.15, 0.2) is 0 Å². The number of nitrogens with two attached hydrogens (primary N) is 1. The molecule has 1 saturated heterocycles. The summed E-state index contributed by atoms with van der Waals surface area (Å²) >= 11 is 0. The summed E-state index contributed by atoms with van der Waals surface area (Å²) in [5.74, 6) is 0.700. The molecular weight excluding hydrogens is 306 g/mol. The summed E-state index contributed by atoms with van der Waals surface area (Å²) in [6, 6.07) is 4.08. The number of amides is 1. The Morgan fingerprint density at radius 3 is 3.00 bits per heavy atom. The summed E-state index contributed by atoms with van der Waals surface area (Å²) in [6.07, 6.45) is 8.30. The van der Waals surface area contributed by atoms with Crippen LogP contribution in [0.1, 0.15) is 25.7 Å². The van der Waals surface area contributed by atoms with Crippen molar-refractivity contribution < 1.29 is 4.79 Å². The summed E-state index contributed by atoms with van der Waals surface area (Å²) < 4.78 is 1.69. The molecule has 1 aliphatic rings. The van der Waals surface area contributed by atoms with Gasteiger partial charge >= 0.3 is 0 Å². The number of hydrogen-bond donors (Lipinski definition) is 2. The number of anilines is 2. The zero-order valence-corrected chi connectivity index (χ0v) is 13.6. The first kappa shape index (κ1) is 16.2. The number of nitrogens with one attached hydrogen (secondary N) is 1. The number of rotatable bonds is 5. The highest BCUT2D eigenvalue weighted by Gasteiger charge is 2.20. The highest BCUT2D eigenvalue weighted by Crippen LogP contribution is 2.17. The molecule has 8 nitrogen and oxygen atoms in total. The van der Waals surface area contributed by atoms with Gasteiger partial charge in [0.1, 0.15) is 18.5 Å². The normalized spacial score (nSPS) is 18.2. The summed E-state index contributed by atoms with van der Waals surface area (Å²) in [4.78, 5) is 22.3. The van der Waals surface area contributed by atoms with Crippen LogP contribution in [0.4, 0.5) is 11.5 Å². The topological polar surface area (TPSA) is 102 Å². The van der Waals surface area contributed by atoms with E-state index in [4.69, 9.17) is 5.73 Å². The number of pyridine rings is 1. The van der Waals surface area contributed by atoms with E-state index < -0.39 is 0 Å². The Morgan fingerprint density at radius 2 is 2.25 bits per heavy atom. The first-order valence-corrected chi connectivity index (χ1v) is 8.29. The van der Waals surface area contributed by atoms with Crippen LogP contribution in [0.5, 0.6) is 0 Å². The van der Waals surface area contributed by atoms with E-state index in [0.717, 1.165) is 38.0 Å². The van der Waals surface area contributed by atoms with Crippen LogP contribution in [0.2, 0.25) is 0 Å². The van der Waals surface area contributed by atoms with Gasteiger partial charge in [-0.25, -0.2) is 9.97 Å². The van der Waals surface area contributed by atoms with Gasteiger partial charge in [-0.2, -0.15) is 5.10 Å². The van der Waals surface area contributed by atoms with Gasteiger partial charge in [0.05, 0.1) is 18.4 Å². The van der Waals surface area contributed by atoms with Crippen molar-refractivity contribution in [1.82, 2.24) is 24.6 Å². The predicted octanol–water partition coefficient (Wildman–Crippen LogP) is 1.14. The van der Waals surface area contributed by atoms with E-state index in [1.165, 1.54) is 6.33 Å². The molecule has 0 radical (unpaired) electrons. The molecule has 3 heterocycles. The predicted molar refractivity (Wildman–Crippen MR) is 91.1 cm³/mol. The van der Waals surface area contributed by atoms with Crippen molar-refractivity contribution in [3.63, 3.8) is 0 Å². The van der Waals surface area contributed by atoms with Crippen molar-refractivity contribution in [2.45, 2.75) is 38.3 Å². The van der Waals surface area contributed by atoms with Gasteiger partial charge in [-0.1, -0.05) is 0 Å². The highest BCUT2D eigenvalue weighted by molar-refractivity contribution is 5.76. The minimum absolute atomic E-state index is 0.181. The Labute approximate surface area is 141 Å². The molecule has 2 aromatic rings. The van der Waals surface area contributed by atoms with E-state index in [2.05, 4.69) is 20.4 Å². The maximum absolute atomic E-state index is 12.4. The molecule has 0 saturated carbocycles. The molecule has 3 rings (SSSR count). The van der Waals surface area contributed by atoms with E-state index in [1.807, 2.05) is 11.0 Å². The van der Waals surface area contributed by atoms with Crippen LogP contribution in [-0.2, 0) is 11.3 Å². The van der Waals surface area contributed by atoms with Crippen LogP contribution in [0.3, 0.4) is 0 Å². The Kier molecular flexibility index (Phi) is 5.25.